The van der Waals surface area contributed by atoms with Crippen molar-refractivity contribution < 1.29 is 19.4 Å². The summed E-state index contributed by atoms with van der Waals surface area (Å²) in [5, 5.41) is 9.79. The fraction of sp³-hybridized carbons (Fsp3) is 0.750. The highest BCUT2D eigenvalue weighted by molar-refractivity contribution is 5.87. The highest BCUT2D eigenvalue weighted by Crippen LogP contribution is 2.26. The van der Waals surface area contributed by atoms with E-state index in [0.29, 0.717) is 12.4 Å². The van der Waals surface area contributed by atoms with Crippen molar-refractivity contribution in [3.8, 4) is 11.5 Å². The third-order valence-electron chi connectivity index (χ3n) is 7.86. The van der Waals surface area contributed by atoms with Crippen LogP contribution in [0.1, 0.15) is 167 Å². The number of ether oxygens (including phenoxy) is 2. The van der Waals surface area contributed by atoms with Gasteiger partial charge < -0.3 is 14.6 Å². The van der Waals surface area contributed by atoms with E-state index in [2.05, 4.69) is 6.92 Å². The van der Waals surface area contributed by atoms with E-state index in [-0.39, 0.29) is 11.7 Å². The molecule has 4 heteroatoms. The molecule has 0 bridgehead atoms. The molecule has 1 aromatic rings. The number of carbonyl (C=O) groups is 1. The Bertz CT molecular complexity index is 742. The molecule has 0 saturated carbocycles. The molecule has 1 rings (SSSR count). The Kier molecular flexibility index (Phi) is 24.5. The molecular formula is C36H62O4. The molecule has 0 heterocycles. The molecule has 4 nitrogen and oxygen atoms in total. The molecule has 0 saturated heterocycles. The Morgan fingerprint density at radius 1 is 0.650 bits per heavy atom. The fourth-order valence-electron chi connectivity index (χ4n) is 5.26. The molecule has 0 aliphatic heterocycles. The van der Waals surface area contributed by atoms with E-state index in [9.17, 15) is 9.90 Å². The van der Waals surface area contributed by atoms with Gasteiger partial charge in [-0.1, -0.05) is 161 Å². The predicted octanol–water partition coefficient (Wildman–Crippen LogP) is 11.3. The molecule has 0 amide bonds. The van der Waals surface area contributed by atoms with Gasteiger partial charge in [-0.3, -0.25) is 0 Å². The summed E-state index contributed by atoms with van der Waals surface area (Å²) >= 11 is 0. The van der Waals surface area contributed by atoms with Gasteiger partial charge in [-0.05, 0) is 30.2 Å². The van der Waals surface area contributed by atoms with Crippen LogP contribution in [0.15, 0.2) is 24.3 Å². The van der Waals surface area contributed by atoms with Crippen molar-refractivity contribution in [1.82, 2.24) is 0 Å². The van der Waals surface area contributed by atoms with Gasteiger partial charge in [0.05, 0.1) is 13.7 Å². The minimum absolute atomic E-state index is 0.0539. The summed E-state index contributed by atoms with van der Waals surface area (Å²) in [5.41, 5.74) is 0.727. The first-order chi connectivity index (χ1) is 19.7. The van der Waals surface area contributed by atoms with Gasteiger partial charge in [0, 0.05) is 6.08 Å². The molecule has 0 aromatic heterocycles. The van der Waals surface area contributed by atoms with Gasteiger partial charge in [0.15, 0.2) is 11.5 Å². The van der Waals surface area contributed by atoms with Crippen molar-refractivity contribution in [2.75, 3.05) is 13.7 Å². The number of esters is 1. The van der Waals surface area contributed by atoms with Crippen LogP contribution in [0.2, 0.25) is 0 Å². The summed E-state index contributed by atoms with van der Waals surface area (Å²) < 4.78 is 10.3. The first-order valence-corrected chi connectivity index (χ1v) is 16.9. The van der Waals surface area contributed by atoms with Crippen LogP contribution in [-0.4, -0.2) is 24.8 Å². The van der Waals surface area contributed by atoms with Gasteiger partial charge >= 0.3 is 5.97 Å². The summed E-state index contributed by atoms with van der Waals surface area (Å²) in [6.45, 7) is 2.76. The molecule has 1 N–H and O–H groups in total. The number of hydrogen-bond donors (Lipinski definition) is 1. The van der Waals surface area contributed by atoms with Crippen LogP contribution in [0.4, 0.5) is 0 Å². The maximum Gasteiger partial charge on any atom is 0.330 e. The third kappa shape index (κ3) is 21.8. The lowest BCUT2D eigenvalue weighted by molar-refractivity contribution is -0.137. The number of rotatable bonds is 28. The Morgan fingerprint density at radius 2 is 1.05 bits per heavy atom. The van der Waals surface area contributed by atoms with Crippen LogP contribution in [0.5, 0.6) is 11.5 Å². The van der Waals surface area contributed by atoms with Crippen molar-refractivity contribution in [2.24, 2.45) is 0 Å². The first-order valence-electron chi connectivity index (χ1n) is 16.9. The normalized spacial score (nSPS) is 11.3. The lowest BCUT2D eigenvalue weighted by atomic mass is 10.0. The average molecular weight is 559 g/mol. The molecule has 230 valence electrons. The second kappa shape index (κ2) is 27.2. The summed E-state index contributed by atoms with van der Waals surface area (Å²) in [4.78, 5) is 11.9. The molecule has 0 atom stereocenters. The zero-order chi connectivity index (χ0) is 28.9. The minimum Gasteiger partial charge on any atom is -0.504 e. The smallest absolute Gasteiger partial charge is 0.330 e. The summed E-state index contributed by atoms with van der Waals surface area (Å²) in [7, 11) is 1.50. The van der Waals surface area contributed by atoms with E-state index in [1.807, 2.05) is 0 Å². The van der Waals surface area contributed by atoms with Crippen LogP contribution in [0.25, 0.3) is 6.08 Å². The maximum absolute atomic E-state index is 11.9. The SMILES string of the molecule is CCCCCCCCCCCCCCCCCCCCCCCCCCOC(=O)/C=C/c1ccc(OC)c(O)c1. The van der Waals surface area contributed by atoms with Crippen LogP contribution in [-0.2, 0) is 9.53 Å². The number of aromatic hydroxyl groups is 1. The average Bonchev–Trinajstić information content (AvgIpc) is 2.96. The largest absolute Gasteiger partial charge is 0.504 e. The van der Waals surface area contributed by atoms with Gasteiger partial charge in [-0.25, -0.2) is 4.79 Å². The number of phenols is 1. The van der Waals surface area contributed by atoms with Gasteiger partial charge in [0.25, 0.3) is 0 Å². The Morgan fingerprint density at radius 3 is 1.43 bits per heavy atom. The molecule has 0 fully saturated rings. The Balaban J connectivity index is 1.76. The molecule has 0 spiro atoms. The lowest BCUT2D eigenvalue weighted by Gasteiger charge is -2.05. The minimum atomic E-state index is -0.343. The van der Waals surface area contributed by atoms with Gasteiger partial charge in [0.1, 0.15) is 0 Å². The quantitative estimate of drug-likeness (QED) is 0.0631. The van der Waals surface area contributed by atoms with E-state index < -0.39 is 0 Å². The zero-order valence-corrected chi connectivity index (χ0v) is 26.2. The molecule has 0 aliphatic carbocycles. The van der Waals surface area contributed by atoms with Crippen LogP contribution >= 0.6 is 0 Å². The maximum atomic E-state index is 11.9. The first kappa shape index (κ1) is 36.1. The van der Waals surface area contributed by atoms with Crippen LogP contribution in [0, 0.1) is 0 Å². The summed E-state index contributed by atoms with van der Waals surface area (Å²) in [6.07, 6.45) is 36.1. The predicted molar refractivity (Wildman–Crippen MR) is 171 cm³/mol. The fourth-order valence-corrected chi connectivity index (χ4v) is 5.26. The van der Waals surface area contributed by atoms with Crippen molar-refractivity contribution in [3.63, 3.8) is 0 Å². The Hall–Kier alpha value is -1.97. The number of carbonyl (C=O) groups excluding carboxylic acids is 1. The Labute approximate surface area is 247 Å². The highest BCUT2D eigenvalue weighted by atomic mass is 16.5. The van der Waals surface area contributed by atoms with E-state index >= 15 is 0 Å². The van der Waals surface area contributed by atoms with E-state index in [0.717, 1.165) is 18.4 Å². The van der Waals surface area contributed by atoms with Crippen LogP contribution in [0.3, 0.4) is 0 Å². The van der Waals surface area contributed by atoms with Gasteiger partial charge in [0.2, 0.25) is 0 Å². The number of unbranched alkanes of at least 4 members (excludes halogenated alkanes) is 23. The number of methoxy groups -OCH3 is 1. The van der Waals surface area contributed by atoms with E-state index in [4.69, 9.17) is 9.47 Å². The third-order valence-corrected chi connectivity index (χ3v) is 7.86. The van der Waals surface area contributed by atoms with Crippen molar-refractivity contribution >= 4 is 12.0 Å². The molecular weight excluding hydrogens is 496 g/mol. The molecule has 40 heavy (non-hydrogen) atoms. The second-order valence-corrected chi connectivity index (χ2v) is 11.6. The molecule has 1 aromatic carbocycles. The topological polar surface area (TPSA) is 55.8 Å². The number of benzene rings is 1. The number of hydrogen-bond acceptors (Lipinski definition) is 4. The second-order valence-electron chi connectivity index (χ2n) is 11.6. The zero-order valence-electron chi connectivity index (χ0n) is 26.2. The van der Waals surface area contributed by atoms with Crippen molar-refractivity contribution in [1.29, 1.82) is 0 Å². The van der Waals surface area contributed by atoms with Gasteiger partial charge in [-0.15, -0.1) is 0 Å². The lowest BCUT2D eigenvalue weighted by Crippen LogP contribution is -2.02. The molecule has 0 aliphatic rings. The number of phenolic OH excluding ortho intramolecular Hbond substituents is 1. The monoisotopic (exact) mass is 558 g/mol. The van der Waals surface area contributed by atoms with Crippen molar-refractivity contribution in [2.45, 2.75) is 161 Å². The van der Waals surface area contributed by atoms with Crippen LogP contribution < -0.4 is 4.74 Å². The molecule has 0 unspecified atom stereocenters. The summed E-state index contributed by atoms with van der Waals surface area (Å²) in [5.74, 6) is 0.123. The van der Waals surface area contributed by atoms with E-state index in [1.54, 1.807) is 24.3 Å². The van der Waals surface area contributed by atoms with Crippen molar-refractivity contribution in [3.05, 3.63) is 29.8 Å². The van der Waals surface area contributed by atoms with Gasteiger partial charge in [-0.2, -0.15) is 0 Å². The highest BCUT2D eigenvalue weighted by Gasteiger charge is 2.02. The summed E-state index contributed by atoms with van der Waals surface area (Å²) in [6, 6.07) is 5.01. The standard InChI is InChI=1S/C36H62O4/c1-3-4-5-6-7-8-9-10-11-12-13-14-15-16-17-18-19-20-21-22-23-24-25-26-31-40-36(38)30-28-33-27-29-35(39-2)34(37)32-33/h27-30,32,37H,3-26,31H2,1-2H3/b30-28+. The molecule has 0 radical (unpaired) electrons. The van der Waals surface area contributed by atoms with E-state index in [1.165, 1.54) is 154 Å².